The highest BCUT2D eigenvalue weighted by atomic mass is 16.3. The summed E-state index contributed by atoms with van der Waals surface area (Å²) in [6, 6.07) is 4.51. The van der Waals surface area contributed by atoms with Crippen molar-refractivity contribution in [2.24, 2.45) is 5.92 Å². The van der Waals surface area contributed by atoms with Gasteiger partial charge in [-0.2, -0.15) is 0 Å². The molecule has 118 valence electrons. The van der Waals surface area contributed by atoms with E-state index in [-0.39, 0.29) is 0 Å². The zero-order chi connectivity index (χ0) is 15.4. The Balaban J connectivity index is 2.01. The lowest BCUT2D eigenvalue weighted by Crippen LogP contribution is -2.42. The maximum atomic E-state index is 10.1. The van der Waals surface area contributed by atoms with Gasteiger partial charge in [0.2, 0.25) is 0 Å². The fourth-order valence-electron chi connectivity index (χ4n) is 3.37. The number of phenolic OH excluding ortho intramolecular Hbond substituents is 1. The Labute approximate surface area is 129 Å². The lowest BCUT2D eigenvalue weighted by atomic mass is 9.91. The molecule has 1 aromatic carbocycles. The van der Waals surface area contributed by atoms with Crippen LogP contribution in [0, 0.1) is 19.8 Å². The van der Waals surface area contributed by atoms with Crippen LogP contribution in [0.3, 0.4) is 0 Å². The van der Waals surface area contributed by atoms with Crippen molar-refractivity contribution in [3.05, 3.63) is 23.3 Å². The summed E-state index contributed by atoms with van der Waals surface area (Å²) in [6.45, 7) is 12.1. The number of piperidine rings is 1. The first-order valence-corrected chi connectivity index (χ1v) is 8.31. The number of aromatic hydroxyl groups is 1. The van der Waals surface area contributed by atoms with E-state index in [0.717, 1.165) is 16.8 Å². The number of hydrogen-bond donors (Lipinski definition) is 2. The van der Waals surface area contributed by atoms with E-state index < -0.39 is 0 Å². The third kappa shape index (κ3) is 3.91. The maximum Gasteiger partial charge on any atom is 0.123 e. The molecule has 1 fully saturated rings. The summed E-state index contributed by atoms with van der Waals surface area (Å²) < 4.78 is 0. The molecule has 1 heterocycles. The van der Waals surface area contributed by atoms with Crippen molar-refractivity contribution in [2.45, 2.75) is 53.0 Å². The Morgan fingerprint density at radius 3 is 2.86 bits per heavy atom. The van der Waals surface area contributed by atoms with Crippen molar-refractivity contribution < 1.29 is 5.11 Å². The molecule has 0 bridgehead atoms. The standard InChI is InChI=1S/C18H30N2O/c1-5-10-20-11-6-7-16(12-20)15(4)19-17-9-8-13(2)18(21)14(17)3/h8-9,15-16,19,21H,5-7,10-12H2,1-4H3. The van der Waals surface area contributed by atoms with E-state index >= 15 is 0 Å². The normalized spacial score (nSPS) is 21.2. The number of nitrogens with one attached hydrogen (secondary N) is 1. The topological polar surface area (TPSA) is 35.5 Å². The molecule has 1 aliphatic rings. The Hall–Kier alpha value is -1.22. The highest BCUT2D eigenvalue weighted by Gasteiger charge is 2.24. The molecule has 0 aromatic heterocycles. The predicted octanol–water partition coefficient (Wildman–Crippen LogP) is 3.93. The molecule has 1 aliphatic heterocycles. The third-order valence-corrected chi connectivity index (χ3v) is 4.80. The SMILES string of the molecule is CCCN1CCCC(C(C)Nc2ccc(C)c(O)c2C)C1. The number of hydrogen-bond acceptors (Lipinski definition) is 3. The van der Waals surface area contributed by atoms with Gasteiger partial charge in [-0.25, -0.2) is 0 Å². The van der Waals surface area contributed by atoms with Crippen LogP contribution in [-0.2, 0) is 0 Å². The Morgan fingerprint density at radius 1 is 1.38 bits per heavy atom. The van der Waals surface area contributed by atoms with Gasteiger partial charge in [0.25, 0.3) is 0 Å². The smallest absolute Gasteiger partial charge is 0.123 e. The van der Waals surface area contributed by atoms with E-state index in [1.54, 1.807) is 0 Å². The van der Waals surface area contributed by atoms with Gasteiger partial charge in [-0.05, 0) is 70.7 Å². The highest BCUT2D eigenvalue weighted by molar-refractivity contribution is 5.59. The molecule has 0 saturated carbocycles. The molecule has 0 radical (unpaired) electrons. The number of benzene rings is 1. The summed E-state index contributed by atoms with van der Waals surface area (Å²) in [5, 5.41) is 13.7. The minimum atomic E-state index is 0.420. The number of nitrogens with zero attached hydrogens (tertiary/aromatic N) is 1. The average molecular weight is 290 g/mol. The van der Waals surface area contributed by atoms with Crippen LogP contribution in [0.1, 0.15) is 44.2 Å². The average Bonchev–Trinajstić information content (AvgIpc) is 2.48. The van der Waals surface area contributed by atoms with E-state index in [1.165, 1.54) is 38.9 Å². The van der Waals surface area contributed by atoms with Crippen LogP contribution in [-0.4, -0.2) is 35.7 Å². The van der Waals surface area contributed by atoms with Crippen LogP contribution in [0.5, 0.6) is 5.75 Å². The van der Waals surface area contributed by atoms with Crippen LogP contribution in [0.25, 0.3) is 0 Å². The summed E-state index contributed by atoms with van der Waals surface area (Å²) in [5.74, 6) is 1.11. The molecular weight excluding hydrogens is 260 g/mol. The van der Waals surface area contributed by atoms with Gasteiger partial charge >= 0.3 is 0 Å². The molecule has 2 unspecified atom stereocenters. The van der Waals surface area contributed by atoms with Gasteiger partial charge in [-0.3, -0.25) is 0 Å². The van der Waals surface area contributed by atoms with Gasteiger partial charge < -0.3 is 15.3 Å². The van der Waals surface area contributed by atoms with Crippen LogP contribution >= 0.6 is 0 Å². The number of phenols is 1. The second-order valence-corrected chi connectivity index (χ2v) is 6.54. The number of rotatable bonds is 5. The van der Waals surface area contributed by atoms with Gasteiger partial charge in [0, 0.05) is 23.8 Å². The summed E-state index contributed by atoms with van der Waals surface area (Å²) in [4.78, 5) is 2.59. The quantitative estimate of drug-likeness (QED) is 0.862. The maximum absolute atomic E-state index is 10.1. The lowest BCUT2D eigenvalue weighted by molar-refractivity contribution is 0.165. The van der Waals surface area contributed by atoms with E-state index in [0.29, 0.717) is 17.7 Å². The molecule has 0 spiro atoms. The fourth-order valence-corrected chi connectivity index (χ4v) is 3.37. The van der Waals surface area contributed by atoms with Crippen LogP contribution in [0.2, 0.25) is 0 Å². The Morgan fingerprint density at radius 2 is 2.14 bits per heavy atom. The van der Waals surface area contributed by atoms with Crippen molar-refractivity contribution in [1.82, 2.24) is 4.90 Å². The largest absolute Gasteiger partial charge is 0.507 e. The van der Waals surface area contributed by atoms with Crippen molar-refractivity contribution >= 4 is 5.69 Å². The zero-order valence-corrected chi connectivity index (χ0v) is 13.9. The molecule has 1 aromatic rings. The van der Waals surface area contributed by atoms with Crippen LogP contribution in [0.15, 0.2) is 12.1 Å². The molecule has 3 heteroatoms. The fraction of sp³-hybridized carbons (Fsp3) is 0.667. The van der Waals surface area contributed by atoms with Gasteiger partial charge in [0.15, 0.2) is 0 Å². The molecule has 2 N–H and O–H groups in total. The Bertz CT molecular complexity index is 471. The highest BCUT2D eigenvalue weighted by Crippen LogP contribution is 2.30. The second-order valence-electron chi connectivity index (χ2n) is 6.54. The summed E-state index contributed by atoms with van der Waals surface area (Å²) in [5.41, 5.74) is 2.97. The number of aryl methyl sites for hydroxylation is 1. The van der Waals surface area contributed by atoms with Crippen molar-refractivity contribution in [2.75, 3.05) is 25.0 Å². The first kappa shape index (κ1) is 16.2. The molecule has 0 amide bonds. The minimum absolute atomic E-state index is 0.420. The van der Waals surface area contributed by atoms with E-state index in [2.05, 4.69) is 30.1 Å². The summed E-state index contributed by atoms with van der Waals surface area (Å²) >= 11 is 0. The third-order valence-electron chi connectivity index (χ3n) is 4.80. The lowest BCUT2D eigenvalue weighted by Gasteiger charge is -2.36. The second kappa shape index (κ2) is 7.17. The van der Waals surface area contributed by atoms with Gasteiger partial charge in [0.1, 0.15) is 5.75 Å². The van der Waals surface area contributed by atoms with Gasteiger partial charge in [-0.1, -0.05) is 13.0 Å². The van der Waals surface area contributed by atoms with Crippen molar-refractivity contribution in [1.29, 1.82) is 0 Å². The summed E-state index contributed by atoms with van der Waals surface area (Å²) in [6.07, 6.45) is 3.83. The first-order chi connectivity index (χ1) is 10.0. The van der Waals surface area contributed by atoms with E-state index in [4.69, 9.17) is 0 Å². The molecule has 0 aliphatic carbocycles. The monoisotopic (exact) mass is 290 g/mol. The van der Waals surface area contributed by atoms with Gasteiger partial charge in [-0.15, -0.1) is 0 Å². The predicted molar refractivity (Wildman–Crippen MR) is 90.1 cm³/mol. The van der Waals surface area contributed by atoms with Gasteiger partial charge in [0.05, 0.1) is 0 Å². The molecule has 21 heavy (non-hydrogen) atoms. The van der Waals surface area contributed by atoms with E-state index in [1.807, 2.05) is 19.9 Å². The van der Waals surface area contributed by atoms with Crippen LogP contribution < -0.4 is 5.32 Å². The number of anilines is 1. The number of likely N-dealkylation sites (tertiary alicyclic amines) is 1. The molecule has 1 saturated heterocycles. The van der Waals surface area contributed by atoms with E-state index in [9.17, 15) is 5.11 Å². The molecule has 2 rings (SSSR count). The van der Waals surface area contributed by atoms with Crippen LogP contribution in [0.4, 0.5) is 5.69 Å². The summed E-state index contributed by atoms with van der Waals surface area (Å²) in [7, 11) is 0. The molecule has 2 atom stereocenters. The molecule has 3 nitrogen and oxygen atoms in total. The minimum Gasteiger partial charge on any atom is -0.507 e. The van der Waals surface area contributed by atoms with Crippen molar-refractivity contribution in [3.8, 4) is 5.75 Å². The zero-order valence-electron chi connectivity index (χ0n) is 13.9. The first-order valence-electron chi connectivity index (χ1n) is 8.31. The Kier molecular flexibility index (Phi) is 5.51. The molecular formula is C18H30N2O. The van der Waals surface area contributed by atoms with Crippen molar-refractivity contribution in [3.63, 3.8) is 0 Å².